The predicted octanol–water partition coefficient (Wildman–Crippen LogP) is 6.37. The topological polar surface area (TPSA) is 115 Å². The number of aromatic nitrogens is 3. The molecule has 0 saturated heterocycles. The lowest BCUT2D eigenvalue weighted by Gasteiger charge is -2.14. The zero-order valence-corrected chi connectivity index (χ0v) is 24.1. The third-order valence-electron chi connectivity index (χ3n) is 6.60. The second-order valence-electron chi connectivity index (χ2n) is 9.92. The van der Waals surface area contributed by atoms with Crippen molar-refractivity contribution < 1.29 is 35.5 Å². The number of sulfone groups is 1. The Morgan fingerprint density at radius 1 is 1.00 bits per heavy atom. The molecule has 0 aliphatic rings. The molecular weight excluding hydrogens is 602 g/mol. The second-order valence-corrected chi connectivity index (χ2v) is 11.9. The molecule has 0 fully saturated rings. The Balaban J connectivity index is 1.33. The van der Waals surface area contributed by atoms with Gasteiger partial charge in [-0.3, -0.25) is 4.79 Å². The molecule has 2 aromatic heterocycles. The van der Waals surface area contributed by atoms with Crippen LogP contribution in [0.2, 0.25) is 0 Å². The zero-order valence-electron chi connectivity index (χ0n) is 23.3. The van der Waals surface area contributed by atoms with Gasteiger partial charge in [0.2, 0.25) is 11.9 Å². The van der Waals surface area contributed by atoms with Crippen LogP contribution in [0, 0.1) is 5.82 Å². The monoisotopic (exact) mass is 627 g/mol. The molecule has 14 heteroatoms. The number of nitrogens with zero attached hydrogens (tertiary/aromatic N) is 3. The molecule has 0 bridgehead atoms. The maximum atomic E-state index is 14.1. The summed E-state index contributed by atoms with van der Waals surface area (Å²) in [6.07, 6.45) is -2.02. The number of pyridine rings is 1. The van der Waals surface area contributed by atoms with Gasteiger partial charge in [-0.25, -0.2) is 17.3 Å². The molecular formula is C30H25F4N5O4S. The fourth-order valence-corrected chi connectivity index (χ4v) is 4.94. The molecule has 2 N–H and O–H groups in total. The first kappa shape index (κ1) is 30.5. The Labute approximate surface area is 249 Å². The third kappa shape index (κ3) is 7.14. The Bertz CT molecular complexity index is 1940. The summed E-state index contributed by atoms with van der Waals surface area (Å²) >= 11 is 0. The minimum atomic E-state index is -4.64. The molecule has 3 aromatic carbocycles. The number of hydrogen-bond acceptors (Lipinski definition) is 7. The van der Waals surface area contributed by atoms with Crippen LogP contribution in [0.5, 0.6) is 5.75 Å². The van der Waals surface area contributed by atoms with Gasteiger partial charge >= 0.3 is 6.18 Å². The number of anilines is 3. The van der Waals surface area contributed by atoms with Crippen LogP contribution in [-0.2, 0) is 14.6 Å². The van der Waals surface area contributed by atoms with Crippen molar-refractivity contribution in [2.75, 3.05) is 23.5 Å². The Kier molecular flexibility index (Phi) is 8.28. The van der Waals surface area contributed by atoms with Crippen molar-refractivity contribution in [3.63, 3.8) is 0 Å². The molecule has 0 saturated carbocycles. The Hall–Kier alpha value is -4.98. The van der Waals surface area contributed by atoms with Crippen LogP contribution in [0.4, 0.5) is 34.9 Å². The van der Waals surface area contributed by atoms with Crippen molar-refractivity contribution in [3.05, 3.63) is 96.4 Å². The maximum Gasteiger partial charge on any atom is 0.422 e. The summed E-state index contributed by atoms with van der Waals surface area (Å²) in [5, 5.41) is 9.92. The molecule has 1 amide bonds. The van der Waals surface area contributed by atoms with E-state index in [1.165, 1.54) is 22.7 Å². The first-order valence-corrected chi connectivity index (χ1v) is 15.0. The first-order valence-electron chi connectivity index (χ1n) is 13.1. The fraction of sp³-hybridized carbons (Fsp3) is 0.167. The average Bonchev–Trinajstić information content (AvgIpc) is 3.37. The lowest BCUT2D eigenvalue weighted by Crippen LogP contribution is -2.19. The lowest BCUT2D eigenvalue weighted by molar-refractivity contribution is -0.153. The number of carbonyl (C=O) groups excluding carboxylic acids is 1. The van der Waals surface area contributed by atoms with Gasteiger partial charge in [0.05, 0.1) is 16.5 Å². The van der Waals surface area contributed by atoms with E-state index in [1.807, 2.05) is 0 Å². The molecule has 0 aliphatic heterocycles. The van der Waals surface area contributed by atoms with Gasteiger partial charge in [-0.15, -0.1) is 5.10 Å². The van der Waals surface area contributed by atoms with Gasteiger partial charge in [0, 0.05) is 29.8 Å². The van der Waals surface area contributed by atoms with Crippen LogP contribution in [0.1, 0.15) is 18.4 Å². The standard InChI is InChI=1S/C30H25F4N5O4S/c1-18(23-5-3-4-6-24(23)31)28(40)35-21-10-7-19(8-11-21)20-9-14-27-37-29(38-39(27)16-20)36-25-13-12-22(44(2,41)42)15-26(25)43-17-30(32,33)34/h3-16,18H,17H2,1-2H3,(H,35,40)(H,36,38)/t18-/m1/s1. The number of alkyl halides is 3. The SMILES string of the molecule is C[C@@H](C(=O)Nc1ccc(-c2ccc3nc(Nc4ccc(S(C)(=O)=O)cc4OCC(F)(F)F)nn3c2)cc1)c1ccccc1F. The number of hydrogen-bond donors (Lipinski definition) is 2. The highest BCUT2D eigenvalue weighted by molar-refractivity contribution is 7.90. The number of ether oxygens (including phenoxy) is 1. The van der Waals surface area contributed by atoms with E-state index in [0.29, 0.717) is 16.9 Å². The molecule has 0 spiro atoms. The van der Waals surface area contributed by atoms with Crippen molar-refractivity contribution in [3.8, 4) is 16.9 Å². The van der Waals surface area contributed by atoms with Crippen LogP contribution < -0.4 is 15.4 Å². The molecule has 0 radical (unpaired) electrons. The van der Waals surface area contributed by atoms with Gasteiger partial charge < -0.3 is 15.4 Å². The van der Waals surface area contributed by atoms with Gasteiger partial charge in [-0.1, -0.05) is 30.3 Å². The first-order chi connectivity index (χ1) is 20.8. The van der Waals surface area contributed by atoms with Gasteiger partial charge in [0.25, 0.3) is 0 Å². The number of halogens is 4. The molecule has 9 nitrogen and oxygen atoms in total. The van der Waals surface area contributed by atoms with Crippen molar-refractivity contribution >= 4 is 38.7 Å². The second kappa shape index (κ2) is 12.0. The van der Waals surface area contributed by atoms with E-state index < -0.39 is 34.4 Å². The molecule has 0 unspecified atom stereocenters. The Morgan fingerprint density at radius 2 is 1.70 bits per heavy atom. The maximum absolute atomic E-state index is 14.1. The minimum Gasteiger partial charge on any atom is -0.482 e. The number of fused-ring (bicyclic) bond motifs is 1. The van der Waals surface area contributed by atoms with Crippen molar-refractivity contribution in [1.29, 1.82) is 0 Å². The summed E-state index contributed by atoms with van der Waals surface area (Å²) in [5.41, 5.74) is 2.83. The van der Waals surface area contributed by atoms with Crippen LogP contribution in [-0.4, -0.2) is 48.0 Å². The van der Waals surface area contributed by atoms with Crippen LogP contribution in [0.15, 0.2) is 90.0 Å². The van der Waals surface area contributed by atoms with Gasteiger partial charge in [0.1, 0.15) is 11.6 Å². The van der Waals surface area contributed by atoms with Crippen LogP contribution in [0.3, 0.4) is 0 Å². The highest BCUT2D eigenvalue weighted by Crippen LogP contribution is 2.32. The number of nitrogens with one attached hydrogen (secondary N) is 2. The molecule has 5 aromatic rings. The minimum absolute atomic E-state index is 0.0353. The highest BCUT2D eigenvalue weighted by atomic mass is 32.2. The largest absolute Gasteiger partial charge is 0.482 e. The van der Waals surface area contributed by atoms with Gasteiger partial charge in [0.15, 0.2) is 22.1 Å². The fourth-order valence-electron chi connectivity index (χ4n) is 4.31. The van der Waals surface area contributed by atoms with E-state index in [4.69, 9.17) is 4.74 Å². The average molecular weight is 628 g/mol. The zero-order chi connectivity index (χ0) is 31.6. The number of benzene rings is 3. The molecule has 1 atom stereocenters. The predicted molar refractivity (Wildman–Crippen MR) is 156 cm³/mol. The van der Waals surface area contributed by atoms with Gasteiger partial charge in [-0.2, -0.15) is 18.2 Å². The quantitative estimate of drug-likeness (QED) is 0.183. The van der Waals surface area contributed by atoms with E-state index in [1.54, 1.807) is 67.7 Å². The van der Waals surface area contributed by atoms with Gasteiger partial charge in [-0.05, 0) is 60.5 Å². The van der Waals surface area contributed by atoms with Crippen molar-refractivity contribution in [2.45, 2.75) is 23.9 Å². The van der Waals surface area contributed by atoms with Crippen LogP contribution in [0.25, 0.3) is 16.8 Å². The van der Waals surface area contributed by atoms with E-state index in [0.717, 1.165) is 23.4 Å². The summed E-state index contributed by atoms with van der Waals surface area (Å²) in [6.45, 7) is 0.00349. The number of carbonyl (C=O) groups is 1. The Morgan fingerprint density at radius 3 is 2.39 bits per heavy atom. The van der Waals surface area contributed by atoms with Crippen molar-refractivity contribution in [1.82, 2.24) is 14.6 Å². The smallest absolute Gasteiger partial charge is 0.422 e. The number of rotatable bonds is 9. The molecule has 44 heavy (non-hydrogen) atoms. The van der Waals surface area contributed by atoms with E-state index >= 15 is 0 Å². The summed E-state index contributed by atoms with van der Waals surface area (Å²) < 4.78 is 82.7. The van der Waals surface area contributed by atoms with Crippen molar-refractivity contribution in [2.24, 2.45) is 0 Å². The van der Waals surface area contributed by atoms with E-state index in [9.17, 15) is 30.8 Å². The summed E-state index contributed by atoms with van der Waals surface area (Å²) in [5.74, 6) is -1.80. The van der Waals surface area contributed by atoms with E-state index in [2.05, 4.69) is 20.7 Å². The molecule has 2 heterocycles. The molecule has 5 rings (SSSR count). The third-order valence-corrected chi connectivity index (χ3v) is 7.71. The van der Waals surface area contributed by atoms with Crippen LogP contribution >= 0.6 is 0 Å². The molecule has 0 aliphatic carbocycles. The lowest BCUT2D eigenvalue weighted by atomic mass is 9.99. The summed E-state index contributed by atoms with van der Waals surface area (Å²) in [4.78, 5) is 16.8. The van der Waals surface area contributed by atoms with E-state index in [-0.39, 0.29) is 28.2 Å². The summed E-state index contributed by atoms with van der Waals surface area (Å²) in [7, 11) is -3.71. The highest BCUT2D eigenvalue weighted by Gasteiger charge is 2.29. The number of amides is 1. The molecule has 228 valence electrons. The summed E-state index contributed by atoms with van der Waals surface area (Å²) in [6, 6.07) is 20.1. The normalized spacial score (nSPS) is 12.6.